The predicted octanol–water partition coefficient (Wildman–Crippen LogP) is -0.468. The molecule has 0 saturated heterocycles. The van der Waals surface area contributed by atoms with E-state index in [4.69, 9.17) is 17.2 Å². The molecule has 2 aromatic heterocycles. The number of nitrogens with two attached hydrogens (primary N) is 3. The van der Waals surface area contributed by atoms with E-state index in [1.807, 2.05) is 60.8 Å². The van der Waals surface area contributed by atoms with Crippen LogP contribution >= 0.6 is 0 Å². The van der Waals surface area contributed by atoms with Crippen molar-refractivity contribution in [3.8, 4) is 0 Å². The summed E-state index contributed by atoms with van der Waals surface area (Å²) in [7, 11) is 0. The summed E-state index contributed by atoms with van der Waals surface area (Å²) >= 11 is 0. The van der Waals surface area contributed by atoms with E-state index < -0.39 is 18.0 Å². The van der Waals surface area contributed by atoms with Crippen LogP contribution in [0.3, 0.4) is 0 Å². The lowest BCUT2D eigenvalue weighted by atomic mass is 10.0. The molecule has 2 unspecified atom stereocenters. The summed E-state index contributed by atoms with van der Waals surface area (Å²) in [5, 5.41) is 10.0. The lowest BCUT2D eigenvalue weighted by Crippen LogP contribution is -2.53. The van der Waals surface area contributed by atoms with Gasteiger partial charge < -0.3 is 32.7 Å². The maximum absolute atomic E-state index is 13.1. The molecule has 2 heterocycles. The van der Waals surface area contributed by atoms with Crippen molar-refractivity contribution in [2.75, 3.05) is 26.2 Å². The highest BCUT2D eigenvalue weighted by Crippen LogP contribution is 2.08. The Labute approximate surface area is 216 Å². The number of aromatic nitrogens is 2. The number of benzene rings is 1. The number of nitrogens with zero attached hydrogens (tertiary/aromatic N) is 3. The Balaban J connectivity index is 1.63. The van der Waals surface area contributed by atoms with Gasteiger partial charge in [0, 0.05) is 32.4 Å². The smallest absolute Gasteiger partial charge is 0.242 e. The van der Waals surface area contributed by atoms with E-state index in [1.165, 1.54) is 4.90 Å². The molecule has 2 atom stereocenters. The van der Waals surface area contributed by atoms with Gasteiger partial charge in [0.2, 0.25) is 17.7 Å². The average Bonchev–Trinajstić information content (AvgIpc) is 3.33. The zero-order valence-electron chi connectivity index (χ0n) is 20.9. The molecule has 11 heteroatoms. The molecule has 11 nitrogen and oxygen atoms in total. The Hall–Kier alpha value is -3.80. The molecular weight excluding hydrogens is 472 g/mol. The molecule has 198 valence electrons. The van der Waals surface area contributed by atoms with Gasteiger partial charge in [-0.05, 0) is 36.6 Å². The first-order chi connectivity index (χ1) is 17.9. The van der Waals surface area contributed by atoms with Crippen LogP contribution in [-0.2, 0) is 27.3 Å². The normalized spacial score (nSPS) is 12.6. The van der Waals surface area contributed by atoms with Crippen molar-refractivity contribution in [2.24, 2.45) is 17.2 Å². The first kappa shape index (κ1) is 27.8. The Bertz CT molecular complexity index is 1130. The lowest BCUT2D eigenvalue weighted by Gasteiger charge is -2.24. The van der Waals surface area contributed by atoms with Gasteiger partial charge in [0.05, 0.1) is 30.2 Å². The minimum absolute atomic E-state index is 0.204. The molecule has 0 bridgehead atoms. The van der Waals surface area contributed by atoms with Crippen LogP contribution in [0.1, 0.15) is 24.1 Å². The standard InChI is InChI=1S/C26H36N8O3/c27-11-14-33(15-12-28)24(35)17-22(29)25(36)31-23(10-9-19-6-2-1-3-7-19)26(37)30-18-20-16-21-8-4-5-13-34(21)32-20/h1-8,13,16,22-23H,9-12,14-15,17-18,27-29H2,(H,30,37)(H,31,36). The highest BCUT2D eigenvalue weighted by Gasteiger charge is 2.26. The third kappa shape index (κ3) is 8.38. The molecule has 37 heavy (non-hydrogen) atoms. The van der Waals surface area contributed by atoms with Crippen LogP contribution in [0.5, 0.6) is 0 Å². The average molecular weight is 509 g/mol. The summed E-state index contributed by atoms with van der Waals surface area (Å²) in [6, 6.07) is 15.3. The van der Waals surface area contributed by atoms with Crippen LogP contribution in [0.15, 0.2) is 60.8 Å². The quantitative estimate of drug-likeness (QED) is 0.196. The van der Waals surface area contributed by atoms with Crippen molar-refractivity contribution >= 4 is 23.2 Å². The number of nitrogens with one attached hydrogen (secondary N) is 2. The van der Waals surface area contributed by atoms with E-state index in [2.05, 4.69) is 15.7 Å². The van der Waals surface area contributed by atoms with E-state index in [1.54, 1.807) is 4.52 Å². The van der Waals surface area contributed by atoms with Crippen LogP contribution in [0, 0.1) is 0 Å². The lowest BCUT2D eigenvalue weighted by molar-refractivity contribution is -0.135. The summed E-state index contributed by atoms with van der Waals surface area (Å²) in [6.45, 7) is 1.42. The second kappa shape index (κ2) is 14.1. The van der Waals surface area contributed by atoms with Gasteiger partial charge in [-0.2, -0.15) is 5.10 Å². The van der Waals surface area contributed by atoms with Crippen molar-refractivity contribution in [1.29, 1.82) is 0 Å². The molecule has 8 N–H and O–H groups in total. The van der Waals surface area contributed by atoms with Crippen LogP contribution in [-0.4, -0.2) is 70.5 Å². The SMILES string of the molecule is NCCN(CCN)C(=O)CC(N)C(=O)NC(CCc1ccccc1)C(=O)NCc1cc2ccccn2n1. The van der Waals surface area contributed by atoms with Gasteiger partial charge in [0.1, 0.15) is 6.04 Å². The van der Waals surface area contributed by atoms with Gasteiger partial charge in [-0.25, -0.2) is 4.52 Å². The highest BCUT2D eigenvalue weighted by atomic mass is 16.2. The number of hydrogen-bond acceptors (Lipinski definition) is 7. The van der Waals surface area contributed by atoms with Gasteiger partial charge in [0.15, 0.2) is 0 Å². The molecule has 3 amide bonds. The molecule has 0 aliphatic heterocycles. The topological polar surface area (TPSA) is 174 Å². The highest BCUT2D eigenvalue weighted by molar-refractivity contribution is 5.92. The number of fused-ring (bicyclic) bond motifs is 1. The minimum atomic E-state index is -1.11. The van der Waals surface area contributed by atoms with Crippen LogP contribution < -0.4 is 27.8 Å². The summed E-state index contributed by atoms with van der Waals surface area (Å²) in [5.41, 5.74) is 19.8. The third-order valence-electron chi connectivity index (χ3n) is 5.94. The summed E-state index contributed by atoms with van der Waals surface area (Å²) < 4.78 is 1.73. The first-order valence-electron chi connectivity index (χ1n) is 12.4. The molecule has 0 radical (unpaired) electrons. The minimum Gasteiger partial charge on any atom is -0.349 e. The fourth-order valence-corrected chi connectivity index (χ4v) is 3.96. The van der Waals surface area contributed by atoms with Crippen molar-refractivity contribution < 1.29 is 14.4 Å². The monoisotopic (exact) mass is 508 g/mol. The zero-order chi connectivity index (χ0) is 26.6. The maximum Gasteiger partial charge on any atom is 0.242 e. The Morgan fingerprint density at radius 2 is 1.68 bits per heavy atom. The number of carbonyl (C=O) groups is 3. The largest absolute Gasteiger partial charge is 0.349 e. The van der Waals surface area contributed by atoms with Crippen LogP contribution in [0.2, 0.25) is 0 Å². The van der Waals surface area contributed by atoms with Crippen molar-refractivity contribution in [3.05, 3.63) is 72.1 Å². The molecule has 0 spiro atoms. The maximum atomic E-state index is 13.1. The summed E-state index contributed by atoms with van der Waals surface area (Å²) in [5.74, 6) is -1.24. The van der Waals surface area contributed by atoms with Crippen molar-refractivity contribution in [1.82, 2.24) is 25.1 Å². The number of rotatable bonds is 14. The first-order valence-corrected chi connectivity index (χ1v) is 12.4. The fraction of sp³-hybridized carbons (Fsp3) is 0.385. The number of carbonyl (C=O) groups excluding carboxylic acids is 3. The van der Waals surface area contributed by atoms with E-state index >= 15 is 0 Å². The van der Waals surface area contributed by atoms with Gasteiger partial charge in [0.25, 0.3) is 0 Å². The molecule has 0 aliphatic rings. The molecule has 0 saturated carbocycles. The van der Waals surface area contributed by atoms with E-state index in [-0.39, 0.29) is 37.9 Å². The molecule has 0 fully saturated rings. The second-order valence-electron chi connectivity index (χ2n) is 8.78. The molecule has 3 rings (SSSR count). The number of aryl methyl sites for hydroxylation is 1. The van der Waals surface area contributed by atoms with E-state index in [0.29, 0.717) is 31.6 Å². The molecule has 1 aromatic carbocycles. The Kier molecular flexibility index (Phi) is 10.6. The molecule has 3 aromatic rings. The second-order valence-corrected chi connectivity index (χ2v) is 8.78. The molecular formula is C26H36N8O3. The summed E-state index contributed by atoms with van der Waals surface area (Å²) in [6.07, 6.45) is 2.55. The van der Waals surface area contributed by atoms with Crippen LogP contribution in [0.4, 0.5) is 0 Å². The Morgan fingerprint density at radius 3 is 2.35 bits per heavy atom. The van der Waals surface area contributed by atoms with E-state index in [0.717, 1.165) is 11.1 Å². The van der Waals surface area contributed by atoms with Gasteiger partial charge in [-0.1, -0.05) is 36.4 Å². The summed E-state index contributed by atoms with van der Waals surface area (Å²) in [4.78, 5) is 40.0. The van der Waals surface area contributed by atoms with E-state index in [9.17, 15) is 14.4 Å². The van der Waals surface area contributed by atoms with Crippen molar-refractivity contribution in [3.63, 3.8) is 0 Å². The third-order valence-corrected chi connectivity index (χ3v) is 5.94. The van der Waals surface area contributed by atoms with Gasteiger partial charge in [-0.15, -0.1) is 0 Å². The predicted molar refractivity (Wildman–Crippen MR) is 141 cm³/mol. The molecule has 0 aliphatic carbocycles. The Morgan fingerprint density at radius 1 is 0.973 bits per heavy atom. The number of hydrogen-bond donors (Lipinski definition) is 5. The van der Waals surface area contributed by atoms with Gasteiger partial charge >= 0.3 is 0 Å². The zero-order valence-corrected chi connectivity index (χ0v) is 20.9. The number of pyridine rings is 1. The number of amides is 3. The fourth-order valence-electron chi connectivity index (χ4n) is 3.96. The van der Waals surface area contributed by atoms with Crippen LogP contribution in [0.25, 0.3) is 5.52 Å². The van der Waals surface area contributed by atoms with Gasteiger partial charge in [-0.3, -0.25) is 14.4 Å². The van der Waals surface area contributed by atoms with Crippen molar-refractivity contribution in [2.45, 2.75) is 37.9 Å².